The van der Waals surface area contributed by atoms with Gasteiger partial charge in [-0.2, -0.15) is 0 Å². The Labute approximate surface area is 173 Å². The number of nitrogens with two attached hydrogens (primary N) is 2. The predicted octanol–water partition coefficient (Wildman–Crippen LogP) is 2.03. The van der Waals surface area contributed by atoms with Crippen LogP contribution in [-0.4, -0.2) is 35.1 Å². The molecular formula is C17H38ClN5O5. The molecular weight excluding hydrogens is 390 g/mol. The first-order chi connectivity index (χ1) is 11.7. The second kappa shape index (κ2) is 29.0. The fourth-order valence-electron chi connectivity index (χ4n) is 0.858. The number of H-pyrrole nitrogens is 2. The van der Waals surface area contributed by atoms with Crippen LogP contribution in [0.3, 0.4) is 0 Å². The van der Waals surface area contributed by atoms with Gasteiger partial charge in [0.1, 0.15) is 0 Å². The molecule has 0 saturated carbocycles. The van der Waals surface area contributed by atoms with Gasteiger partial charge >= 0.3 is 11.7 Å². The van der Waals surface area contributed by atoms with Crippen LogP contribution < -0.4 is 22.7 Å². The lowest BCUT2D eigenvalue weighted by Gasteiger charge is -1.93. The number of guanidine groups is 1. The largest absolute Gasteiger partial charge is 0.502 e. The van der Waals surface area contributed by atoms with Crippen LogP contribution in [0.15, 0.2) is 28.6 Å². The molecule has 0 saturated heterocycles. The average Bonchev–Trinajstić information content (AvgIpc) is 2.53. The van der Waals surface area contributed by atoms with Gasteiger partial charge in [0.25, 0.3) is 5.56 Å². The third-order valence-electron chi connectivity index (χ3n) is 1.88. The molecule has 0 fully saturated rings. The van der Waals surface area contributed by atoms with Crippen LogP contribution >= 0.6 is 12.4 Å². The molecule has 0 unspecified atom stereocenters. The summed E-state index contributed by atoms with van der Waals surface area (Å²) in [7, 11) is 0. The van der Waals surface area contributed by atoms with Gasteiger partial charge in [-0.15, -0.1) is 12.4 Å². The normalized spacial score (nSPS) is 7.14. The van der Waals surface area contributed by atoms with E-state index in [0.29, 0.717) is 18.6 Å². The zero-order valence-electron chi connectivity index (χ0n) is 15.6. The highest BCUT2D eigenvalue weighted by Gasteiger charge is 1.91. The van der Waals surface area contributed by atoms with Crippen molar-refractivity contribution in [1.82, 2.24) is 9.97 Å². The average molecular weight is 428 g/mol. The maximum atomic E-state index is 10.6. The minimum absolute atomic E-state index is 0. The van der Waals surface area contributed by atoms with Crippen LogP contribution in [0, 0.1) is 12.3 Å². The smallest absolute Gasteiger partial charge is 0.325 e. The van der Waals surface area contributed by atoms with Crippen LogP contribution in [0.5, 0.6) is 0 Å². The number of esters is 1. The van der Waals surface area contributed by atoms with E-state index in [1.165, 1.54) is 12.5 Å². The Bertz CT molecular complexity index is 598. The molecule has 7 N–H and O–H groups in total. The molecule has 0 aliphatic heterocycles. The Morgan fingerprint density at radius 2 is 1.68 bits per heavy atom. The molecule has 1 rings (SSSR count). The number of ether oxygens (including phenoxy) is 2. The molecule has 0 aliphatic carbocycles. The number of aryl methyl sites for hydroxylation is 1. The third-order valence-corrected chi connectivity index (χ3v) is 1.88. The Balaban J connectivity index is -0.0000000582. The van der Waals surface area contributed by atoms with Crippen molar-refractivity contribution in [2.45, 2.75) is 49.0 Å². The standard InChI is InChI=1S/C5H6N2O2.C5H10O2.C4H8O.CH5N3.2CH4.ClH/c1-3-2-6-5(9)7-4(3)8;1-3-5(6)7-4-2;1-3-5-4-2;2-1(3)4;;;/h2H,1H3,(H2,6,7,8,9);3-4H2,1-2H3;3H,1,4H2,2H3;(H5,2,3,4);2*1H4;1H. The summed E-state index contributed by atoms with van der Waals surface area (Å²) in [4.78, 5) is 35.5. The number of rotatable bonds is 4. The number of hydrogen-bond acceptors (Lipinski definition) is 6. The lowest BCUT2D eigenvalue weighted by atomic mass is 10.4. The van der Waals surface area contributed by atoms with Crippen LogP contribution in [0.25, 0.3) is 0 Å². The van der Waals surface area contributed by atoms with Crippen molar-refractivity contribution in [2.24, 2.45) is 11.5 Å². The Hall–Kier alpha value is -2.75. The van der Waals surface area contributed by atoms with E-state index in [1.54, 1.807) is 20.8 Å². The van der Waals surface area contributed by atoms with Crippen molar-refractivity contribution in [3.05, 3.63) is 45.4 Å². The van der Waals surface area contributed by atoms with Gasteiger partial charge in [-0.3, -0.25) is 20.0 Å². The molecule has 1 aromatic heterocycles. The highest BCUT2D eigenvalue weighted by molar-refractivity contribution is 5.85. The number of carbonyl (C=O) groups excluding carboxylic acids is 1. The fraction of sp³-hybridized carbons (Fsp3) is 0.529. The SMILES string of the molecule is C.C.C=COCC.CCOC(=O)CC.Cc1c[nH]c(=O)[nH]c1=O.Cl.N=C(N)N. The lowest BCUT2D eigenvalue weighted by molar-refractivity contribution is -0.142. The number of nitrogens with one attached hydrogen (secondary N) is 3. The number of aromatic nitrogens is 2. The molecule has 1 heterocycles. The van der Waals surface area contributed by atoms with Gasteiger partial charge in [0.2, 0.25) is 0 Å². The van der Waals surface area contributed by atoms with Crippen molar-refractivity contribution in [3.63, 3.8) is 0 Å². The summed E-state index contributed by atoms with van der Waals surface area (Å²) in [5, 5.41) is 6.06. The summed E-state index contributed by atoms with van der Waals surface area (Å²) < 4.78 is 9.15. The van der Waals surface area contributed by atoms with Gasteiger partial charge < -0.3 is 25.9 Å². The molecule has 1 aromatic rings. The molecule has 28 heavy (non-hydrogen) atoms. The van der Waals surface area contributed by atoms with E-state index >= 15 is 0 Å². The van der Waals surface area contributed by atoms with E-state index in [1.807, 2.05) is 6.92 Å². The summed E-state index contributed by atoms with van der Waals surface area (Å²) in [6.45, 7) is 11.7. The van der Waals surface area contributed by atoms with Crippen molar-refractivity contribution in [1.29, 1.82) is 5.41 Å². The summed E-state index contributed by atoms with van der Waals surface area (Å²) in [6.07, 6.45) is 3.29. The minimum Gasteiger partial charge on any atom is -0.502 e. The van der Waals surface area contributed by atoms with Crippen molar-refractivity contribution < 1.29 is 14.3 Å². The Morgan fingerprint density at radius 1 is 1.21 bits per heavy atom. The number of hydrogen-bond donors (Lipinski definition) is 5. The summed E-state index contributed by atoms with van der Waals surface area (Å²) >= 11 is 0. The second-order valence-corrected chi connectivity index (χ2v) is 3.99. The van der Waals surface area contributed by atoms with Crippen LogP contribution in [0.1, 0.15) is 47.6 Å². The molecule has 11 heteroatoms. The highest BCUT2D eigenvalue weighted by atomic mass is 35.5. The zero-order valence-corrected chi connectivity index (χ0v) is 16.4. The minimum atomic E-state index is -0.467. The molecule has 10 nitrogen and oxygen atoms in total. The van der Waals surface area contributed by atoms with Crippen LogP contribution in [0.4, 0.5) is 0 Å². The highest BCUT2D eigenvalue weighted by Crippen LogP contribution is 1.80. The first-order valence-electron chi connectivity index (χ1n) is 7.42. The third kappa shape index (κ3) is 38.7. The van der Waals surface area contributed by atoms with Crippen LogP contribution in [-0.2, 0) is 14.3 Å². The first kappa shape index (κ1) is 40.1. The molecule has 168 valence electrons. The van der Waals surface area contributed by atoms with Gasteiger partial charge in [-0.05, 0) is 20.8 Å². The van der Waals surface area contributed by atoms with E-state index in [4.69, 9.17) is 5.41 Å². The first-order valence-corrected chi connectivity index (χ1v) is 7.42. The van der Waals surface area contributed by atoms with E-state index in [2.05, 4.69) is 37.5 Å². The predicted molar refractivity (Wildman–Crippen MR) is 118 cm³/mol. The number of halogens is 1. The van der Waals surface area contributed by atoms with E-state index < -0.39 is 5.69 Å². The summed E-state index contributed by atoms with van der Waals surface area (Å²) in [5.74, 6) is -0.456. The monoisotopic (exact) mass is 427 g/mol. The topological polar surface area (TPSA) is 177 Å². The molecule has 0 aliphatic rings. The number of carbonyl (C=O) groups is 1. The fourth-order valence-corrected chi connectivity index (χ4v) is 0.858. The molecule has 0 atom stereocenters. The maximum absolute atomic E-state index is 10.6. The van der Waals surface area contributed by atoms with Crippen molar-refractivity contribution in [2.75, 3.05) is 13.2 Å². The van der Waals surface area contributed by atoms with E-state index in [9.17, 15) is 14.4 Å². The van der Waals surface area contributed by atoms with Crippen molar-refractivity contribution >= 4 is 24.3 Å². The van der Waals surface area contributed by atoms with Crippen LogP contribution in [0.2, 0.25) is 0 Å². The van der Waals surface area contributed by atoms with Gasteiger partial charge in [0, 0.05) is 18.2 Å². The Kier molecular flexibility index (Phi) is 41.5. The summed E-state index contributed by atoms with van der Waals surface area (Å²) in [6, 6.07) is 0. The van der Waals surface area contributed by atoms with E-state index in [-0.39, 0.29) is 44.7 Å². The van der Waals surface area contributed by atoms with Gasteiger partial charge in [0.05, 0.1) is 19.5 Å². The van der Waals surface area contributed by atoms with E-state index in [0.717, 1.165) is 6.61 Å². The zero-order chi connectivity index (χ0) is 20.3. The van der Waals surface area contributed by atoms with Gasteiger partial charge in [-0.1, -0.05) is 28.4 Å². The molecule has 0 spiro atoms. The quantitative estimate of drug-likeness (QED) is 0.211. The van der Waals surface area contributed by atoms with Crippen molar-refractivity contribution in [3.8, 4) is 0 Å². The molecule has 0 radical (unpaired) electrons. The Morgan fingerprint density at radius 3 is 1.86 bits per heavy atom. The second-order valence-electron chi connectivity index (χ2n) is 3.99. The van der Waals surface area contributed by atoms with Gasteiger partial charge in [-0.25, -0.2) is 4.79 Å². The van der Waals surface area contributed by atoms with Gasteiger partial charge in [0.15, 0.2) is 5.96 Å². The summed E-state index contributed by atoms with van der Waals surface area (Å²) in [5.41, 5.74) is 8.65. The molecule has 0 amide bonds. The molecule has 0 bridgehead atoms. The number of aromatic amines is 2. The molecule has 0 aromatic carbocycles. The maximum Gasteiger partial charge on any atom is 0.325 e. The lowest BCUT2D eigenvalue weighted by Crippen LogP contribution is -2.22.